The molecule has 2 heterocycles. The van der Waals surface area contributed by atoms with Gasteiger partial charge in [0, 0.05) is 13.0 Å². The van der Waals surface area contributed by atoms with Crippen LogP contribution in [-0.4, -0.2) is 27.5 Å². The summed E-state index contributed by atoms with van der Waals surface area (Å²) in [5.41, 5.74) is 2.51. The van der Waals surface area contributed by atoms with Gasteiger partial charge in [-0.25, -0.2) is 0 Å². The Labute approximate surface area is 135 Å². The second-order valence-electron chi connectivity index (χ2n) is 6.38. The van der Waals surface area contributed by atoms with Crippen molar-refractivity contribution < 1.29 is 9.32 Å². The monoisotopic (exact) mass is 311 g/mol. The fourth-order valence-electron chi connectivity index (χ4n) is 3.86. The van der Waals surface area contributed by atoms with E-state index in [0.29, 0.717) is 11.7 Å². The Hall–Kier alpha value is -2.17. The third kappa shape index (κ3) is 2.44. The number of nitrogens with zero attached hydrogens (tertiary/aromatic N) is 3. The topological polar surface area (TPSA) is 59.2 Å². The van der Waals surface area contributed by atoms with Gasteiger partial charge in [-0.1, -0.05) is 36.3 Å². The molecule has 1 fully saturated rings. The molecule has 1 aromatic heterocycles. The molecule has 2 unspecified atom stereocenters. The first-order chi connectivity index (χ1) is 11.3. The highest BCUT2D eigenvalue weighted by molar-refractivity contribution is 5.85. The standard InChI is InChI=1S/C18H21N3O2/c1-2-16-19-17(20-23-16)15-8-5-11-21(15)18(22)14-10-9-12-6-3-4-7-13(12)14/h3-4,6-7,14-15H,2,5,8-11H2,1H3. The van der Waals surface area contributed by atoms with E-state index in [2.05, 4.69) is 28.3 Å². The van der Waals surface area contributed by atoms with E-state index in [-0.39, 0.29) is 17.9 Å². The van der Waals surface area contributed by atoms with E-state index < -0.39 is 0 Å². The lowest BCUT2D eigenvalue weighted by molar-refractivity contribution is -0.133. The third-order valence-electron chi connectivity index (χ3n) is 5.05. The van der Waals surface area contributed by atoms with Gasteiger partial charge in [0.25, 0.3) is 0 Å². The molecule has 1 aromatic carbocycles. The second-order valence-corrected chi connectivity index (χ2v) is 6.38. The van der Waals surface area contributed by atoms with E-state index in [1.807, 2.05) is 17.9 Å². The number of rotatable bonds is 3. The molecule has 0 radical (unpaired) electrons. The van der Waals surface area contributed by atoms with Gasteiger partial charge in [-0.05, 0) is 36.8 Å². The van der Waals surface area contributed by atoms with E-state index in [9.17, 15) is 4.79 Å². The van der Waals surface area contributed by atoms with Gasteiger partial charge in [0.2, 0.25) is 11.8 Å². The Bertz CT molecular complexity index is 725. The van der Waals surface area contributed by atoms with E-state index in [1.54, 1.807) is 0 Å². The fourth-order valence-corrected chi connectivity index (χ4v) is 3.86. The molecule has 23 heavy (non-hydrogen) atoms. The minimum absolute atomic E-state index is 0.00986. The zero-order valence-corrected chi connectivity index (χ0v) is 13.4. The highest BCUT2D eigenvalue weighted by Crippen LogP contribution is 2.38. The van der Waals surface area contributed by atoms with Crippen molar-refractivity contribution in [1.29, 1.82) is 0 Å². The van der Waals surface area contributed by atoms with Gasteiger partial charge < -0.3 is 9.42 Å². The van der Waals surface area contributed by atoms with Crippen LogP contribution in [0.25, 0.3) is 0 Å². The summed E-state index contributed by atoms with van der Waals surface area (Å²) in [4.78, 5) is 19.5. The molecule has 5 heteroatoms. The molecule has 2 aliphatic rings. The van der Waals surface area contributed by atoms with Crippen molar-refractivity contribution in [3.05, 3.63) is 47.1 Å². The third-order valence-corrected chi connectivity index (χ3v) is 5.05. The van der Waals surface area contributed by atoms with Crippen molar-refractivity contribution in [2.24, 2.45) is 0 Å². The average molecular weight is 311 g/mol. The Morgan fingerprint density at radius 1 is 1.35 bits per heavy atom. The molecule has 2 aromatic rings. The predicted molar refractivity (Wildman–Crippen MR) is 84.9 cm³/mol. The second kappa shape index (κ2) is 5.80. The van der Waals surface area contributed by atoms with Crippen molar-refractivity contribution in [2.75, 3.05) is 6.54 Å². The summed E-state index contributed by atoms with van der Waals surface area (Å²) in [6.45, 7) is 2.78. The minimum atomic E-state index is -0.0284. The van der Waals surface area contributed by atoms with Crippen molar-refractivity contribution >= 4 is 5.91 Å². The van der Waals surface area contributed by atoms with Gasteiger partial charge in [-0.15, -0.1) is 0 Å². The van der Waals surface area contributed by atoms with Crippen LogP contribution < -0.4 is 0 Å². The van der Waals surface area contributed by atoms with Crippen LogP contribution in [0.4, 0.5) is 0 Å². The molecule has 120 valence electrons. The number of carbonyl (C=O) groups excluding carboxylic acids is 1. The van der Waals surface area contributed by atoms with Gasteiger partial charge in [0.1, 0.15) is 0 Å². The van der Waals surface area contributed by atoms with Crippen LogP contribution in [0.2, 0.25) is 0 Å². The van der Waals surface area contributed by atoms with Gasteiger partial charge in [-0.3, -0.25) is 4.79 Å². The molecule has 1 amide bonds. The van der Waals surface area contributed by atoms with Crippen molar-refractivity contribution in [3.8, 4) is 0 Å². The Balaban J connectivity index is 1.58. The zero-order valence-electron chi connectivity index (χ0n) is 13.4. The molecule has 1 saturated heterocycles. The average Bonchev–Trinajstić information content (AvgIpc) is 3.31. The number of aryl methyl sites for hydroxylation is 2. The summed E-state index contributed by atoms with van der Waals surface area (Å²) >= 11 is 0. The zero-order chi connectivity index (χ0) is 15.8. The lowest BCUT2D eigenvalue weighted by Crippen LogP contribution is -2.34. The Kier molecular flexibility index (Phi) is 3.63. The van der Waals surface area contributed by atoms with Crippen molar-refractivity contribution in [1.82, 2.24) is 15.0 Å². The fraction of sp³-hybridized carbons (Fsp3) is 0.500. The maximum absolute atomic E-state index is 13.1. The van der Waals surface area contributed by atoms with Crippen molar-refractivity contribution in [2.45, 2.75) is 51.0 Å². The summed E-state index contributed by atoms with van der Waals surface area (Å²) in [5, 5.41) is 4.09. The number of hydrogen-bond acceptors (Lipinski definition) is 4. The maximum Gasteiger partial charge on any atom is 0.230 e. The minimum Gasteiger partial charge on any atom is -0.339 e. The van der Waals surface area contributed by atoms with Gasteiger partial charge in [0.15, 0.2) is 5.82 Å². The van der Waals surface area contributed by atoms with E-state index in [0.717, 1.165) is 38.6 Å². The quantitative estimate of drug-likeness (QED) is 0.874. The molecule has 4 rings (SSSR count). The molecule has 0 N–H and O–H groups in total. The summed E-state index contributed by atoms with van der Waals surface area (Å²) in [6.07, 6.45) is 4.55. The molecule has 0 saturated carbocycles. The molecule has 0 bridgehead atoms. The van der Waals surface area contributed by atoms with E-state index in [4.69, 9.17) is 4.52 Å². The van der Waals surface area contributed by atoms with Crippen molar-refractivity contribution in [3.63, 3.8) is 0 Å². The number of aromatic nitrogens is 2. The van der Waals surface area contributed by atoms with Crippen LogP contribution in [0.5, 0.6) is 0 Å². The van der Waals surface area contributed by atoms with Crippen LogP contribution in [-0.2, 0) is 17.6 Å². The van der Waals surface area contributed by atoms with E-state index >= 15 is 0 Å². The summed E-state index contributed by atoms with van der Waals surface area (Å²) in [6, 6.07) is 8.28. The lowest BCUT2D eigenvalue weighted by atomic mass is 9.99. The highest BCUT2D eigenvalue weighted by atomic mass is 16.5. The Morgan fingerprint density at radius 2 is 2.22 bits per heavy atom. The number of benzene rings is 1. The van der Waals surface area contributed by atoms with Crippen LogP contribution in [0, 0.1) is 0 Å². The molecular weight excluding hydrogens is 290 g/mol. The lowest BCUT2D eigenvalue weighted by Gasteiger charge is -2.25. The first-order valence-corrected chi connectivity index (χ1v) is 8.48. The maximum atomic E-state index is 13.1. The first-order valence-electron chi connectivity index (χ1n) is 8.48. The SMILES string of the molecule is CCc1nc(C2CCCN2C(=O)C2CCc3ccccc32)no1. The number of likely N-dealkylation sites (tertiary alicyclic amines) is 1. The molecule has 2 atom stereocenters. The van der Waals surface area contributed by atoms with Gasteiger partial charge in [0.05, 0.1) is 12.0 Å². The summed E-state index contributed by atoms with van der Waals surface area (Å²) in [7, 11) is 0. The van der Waals surface area contributed by atoms with Crippen LogP contribution >= 0.6 is 0 Å². The predicted octanol–water partition coefficient (Wildman–Crippen LogP) is 3.03. The first kappa shape index (κ1) is 14.4. The Morgan fingerprint density at radius 3 is 3.04 bits per heavy atom. The number of carbonyl (C=O) groups is 1. The number of amides is 1. The summed E-state index contributed by atoms with van der Waals surface area (Å²) < 4.78 is 5.24. The molecular formula is C18H21N3O2. The van der Waals surface area contributed by atoms with Crippen LogP contribution in [0.3, 0.4) is 0 Å². The van der Waals surface area contributed by atoms with Gasteiger partial charge in [-0.2, -0.15) is 4.98 Å². The smallest absolute Gasteiger partial charge is 0.230 e. The molecule has 0 spiro atoms. The van der Waals surface area contributed by atoms with Gasteiger partial charge >= 0.3 is 0 Å². The number of hydrogen-bond donors (Lipinski definition) is 0. The van der Waals surface area contributed by atoms with Crippen LogP contribution in [0.15, 0.2) is 28.8 Å². The van der Waals surface area contributed by atoms with E-state index in [1.165, 1.54) is 11.1 Å². The largest absolute Gasteiger partial charge is 0.339 e. The normalized spacial score (nSPS) is 23.3. The number of fused-ring (bicyclic) bond motifs is 1. The molecule has 1 aliphatic carbocycles. The molecule has 1 aliphatic heterocycles. The van der Waals surface area contributed by atoms with Crippen LogP contribution in [0.1, 0.15) is 61.0 Å². The molecule has 5 nitrogen and oxygen atoms in total. The highest BCUT2D eigenvalue weighted by Gasteiger charge is 2.38. The summed E-state index contributed by atoms with van der Waals surface area (Å²) in [5.74, 6) is 1.52.